The first-order valence-electron chi connectivity index (χ1n) is 9.49. The molecule has 7 heteroatoms. The van der Waals surface area contributed by atoms with Crippen molar-refractivity contribution in [2.75, 3.05) is 32.1 Å². The standard InChI is InChI=1S/C22H23N5OS/c1-14-9-10-19-20(15(14)2)25-22(29-19)27(12-11-26(3)4)21(28)18-13-23-16-7-5-6-8-17(16)24-18/h5-10,13H,11-12H2,1-4H3. The molecule has 0 bridgehead atoms. The number of rotatable bonds is 5. The first kappa shape index (κ1) is 19.4. The van der Waals surface area contributed by atoms with Crippen LogP contribution in [-0.2, 0) is 0 Å². The Hall–Kier alpha value is -2.90. The van der Waals surface area contributed by atoms with Crippen molar-refractivity contribution in [2.45, 2.75) is 13.8 Å². The number of carbonyl (C=O) groups excluding carboxylic acids is 1. The number of anilines is 1. The second kappa shape index (κ2) is 7.85. The van der Waals surface area contributed by atoms with Gasteiger partial charge in [-0.1, -0.05) is 29.5 Å². The number of nitrogens with zero attached hydrogens (tertiary/aromatic N) is 5. The van der Waals surface area contributed by atoms with Gasteiger partial charge in [0.25, 0.3) is 5.91 Å². The van der Waals surface area contributed by atoms with Crippen molar-refractivity contribution in [2.24, 2.45) is 0 Å². The Labute approximate surface area is 173 Å². The van der Waals surface area contributed by atoms with E-state index in [1.165, 1.54) is 16.9 Å². The molecule has 2 heterocycles. The van der Waals surface area contributed by atoms with Gasteiger partial charge in [-0.15, -0.1) is 0 Å². The number of hydrogen-bond acceptors (Lipinski definition) is 6. The molecule has 2 aromatic carbocycles. The molecule has 0 aliphatic carbocycles. The Morgan fingerprint density at radius 1 is 1.00 bits per heavy atom. The Kier molecular flexibility index (Phi) is 5.25. The normalized spacial score (nSPS) is 11.5. The van der Waals surface area contributed by atoms with Gasteiger partial charge in [0.1, 0.15) is 5.69 Å². The molecular formula is C22H23N5OS. The number of amides is 1. The van der Waals surface area contributed by atoms with E-state index in [0.29, 0.717) is 22.9 Å². The average Bonchev–Trinajstić information content (AvgIpc) is 3.15. The van der Waals surface area contributed by atoms with Crippen LogP contribution in [0.2, 0.25) is 0 Å². The lowest BCUT2D eigenvalue weighted by atomic mass is 10.1. The van der Waals surface area contributed by atoms with Crippen molar-refractivity contribution in [1.82, 2.24) is 19.9 Å². The predicted molar refractivity (Wildman–Crippen MR) is 119 cm³/mol. The Morgan fingerprint density at radius 2 is 1.76 bits per heavy atom. The van der Waals surface area contributed by atoms with Crippen LogP contribution in [0.3, 0.4) is 0 Å². The monoisotopic (exact) mass is 405 g/mol. The Balaban J connectivity index is 1.76. The third-order valence-corrected chi connectivity index (χ3v) is 6.03. The van der Waals surface area contributed by atoms with E-state index >= 15 is 0 Å². The number of hydrogen-bond donors (Lipinski definition) is 0. The maximum absolute atomic E-state index is 13.4. The summed E-state index contributed by atoms with van der Waals surface area (Å²) in [6, 6.07) is 11.7. The van der Waals surface area contributed by atoms with Crippen molar-refractivity contribution >= 4 is 43.6 Å². The molecule has 0 fully saturated rings. The van der Waals surface area contributed by atoms with Crippen LogP contribution in [-0.4, -0.2) is 52.9 Å². The van der Waals surface area contributed by atoms with Crippen molar-refractivity contribution < 1.29 is 4.79 Å². The van der Waals surface area contributed by atoms with E-state index in [1.54, 1.807) is 11.1 Å². The summed E-state index contributed by atoms with van der Waals surface area (Å²) in [5.74, 6) is -0.182. The number of benzene rings is 2. The average molecular weight is 406 g/mol. The van der Waals surface area contributed by atoms with Crippen molar-refractivity contribution in [1.29, 1.82) is 0 Å². The number of thiazole rings is 1. The van der Waals surface area contributed by atoms with Crippen LogP contribution in [0.1, 0.15) is 21.6 Å². The molecule has 0 unspecified atom stereocenters. The van der Waals surface area contributed by atoms with Crippen LogP contribution >= 0.6 is 11.3 Å². The summed E-state index contributed by atoms with van der Waals surface area (Å²) in [4.78, 5) is 30.9. The van der Waals surface area contributed by atoms with Crippen LogP contribution in [0, 0.1) is 13.8 Å². The van der Waals surface area contributed by atoms with E-state index in [9.17, 15) is 4.79 Å². The molecule has 2 aromatic heterocycles. The largest absolute Gasteiger partial charge is 0.308 e. The van der Waals surface area contributed by atoms with Gasteiger partial charge in [-0.2, -0.15) is 0 Å². The van der Waals surface area contributed by atoms with Crippen LogP contribution in [0.25, 0.3) is 21.3 Å². The lowest BCUT2D eigenvalue weighted by Gasteiger charge is -2.21. The minimum absolute atomic E-state index is 0.182. The maximum Gasteiger partial charge on any atom is 0.280 e. The molecule has 0 spiro atoms. The lowest BCUT2D eigenvalue weighted by molar-refractivity contribution is 0.0980. The summed E-state index contributed by atoms with van der Waals surface area (Å²) in [5, 5.41) is 0.690. The van der Waals surface area contributed by atoms with Gasteiger partial charge in [-0.05, 0) is 57.3 Å². The smallest absolute Gasteiger partial charge is 0.280 e. The predicted octanol–water partition coefficient (Wildman–Crippen LogP) is 4.06. The van der Waals surface area contributed by atoms with Gasteiger partial charge >= 0.3 is 0 Å². The highest BCUT2D eigenvalue weighted by molar-refractivity contribution is 7.22. The fraction of sp³-hybridized carbons (Fsp3) is 0.273. The molecular weight excluding hydrogens is 382 g/mol. The lowest BCUT2D eigenvalue weighted by Crippen LogP contribution is -2.37. The number of carbonyl (C=O) groups is 1. The Bertz CT molecular complexity index is 1200. The van der Waals surface area contributed by atoms with Crippen molar-refractivity contribution in [3.8, 4) is 0 Å². The molecule has 6 nitrogen and oxygen atoms in total. The van der Waals surface area contributed by atoms with E-state index in [2.05, 4.69) is 40.8 Å². The van der Waals surface area contributed by atoms with E-state index in [0.717, 1.165) is 27.8 Å². The Morgan fingerprint density at radius 3 is 2.52 bits per heavy atom. The van der Waals surface area contributed by atoms with Crippen LogP contribution in [0.4, 0.5) is 5.13 Å². The van der Waals surface area contributed by atoms with Gasteiger partial charge in [-0.3, -0.25) is 14.7 Å². The quantitative estimate of drug-likeness (QED) is 0.501. The molecule has 0 radical (unpaired) electrons. The second-order valence-corrected chi connectivity index (χ2v) is 8.36. The highest BCUT2D eigenvalue weighted by Crippen LogP contribution is 2.32. The van der Waals surface area contributed by atoms with Crippen LogP contribution < -0.4 is 4.90 Å². The van der Waals surface area contributed by atoms with E-state index in [-0.39, 0.29) is 5.91 Å². The van der Waals surface area contributed by atoms with Gasteiger partial charge in [0.2, 0.25) is 0 Å². The summed E-state index contributed by atoms with van der Waals surface area (Å²) in [6.07, 6.45) is 1.55. The van der Waals surface area contributed by atoms with E-state index in [4.69, 9.17) is 4.98 Å². The number of fused-ring (bicyclic) bond motifs is 2. The van der Waals surface area contributed by atoms with Crippen molar-refractivity contribution in [3.63, 3.8) is 0 Å². The zero-order chi connectivity index (χ0) is 20.5. The summed E-state index contributed by atoms with van der Waals surface area (Å²) in [6.45, 7) is 5.40. The number of aryl methyl sites for hydroxylation is 2. The molecule has 0 atom stereocenters. The van der Waals surface area contributed by atoms with Crippen LogP contribution in [0.15, 0.2) is 42.6 Å². The van der Waals surface area contributed by atoms with Gasteiger partial charge in [0.05, 0.1) is 27.4 Å². The fourth-order valence-corrected chi connectivity index (χ4v) is 4.16. The molecule has 0 saturated heterocycles. The summed E-state index contributed by atoms with van der Waals surface area (Å²) in [5.41, 5.74) is 5.11. The SMILES string of the molecule is Cc1ccc2sc(N(CCN(C)C)C(=O)c3cnc4ccccc4n3)nc2c1C. The van der Waals surface area contributed by atoms with Gasteiger partial charge in [0, 0.05) is 13.1 Å². The molecule has 0 aliphatic heterocycles. The molecule has 4 aromatic rings. The van der Waals surface area contributed by atoms with Gasteiger partial charge in [-0.25, -0.2) is 9.97 Å². The highest BCUT2D eigenvalue weighted by Gasteiger charge is 2.23. The molecule has 0 saturated carbocycles. The summed E-state index contributed by atoms with van der Waals surface area (Å²) in [7, 11) is 3.98. The minimum atomic E-state index is -0.182. The molecule has 4 rings (SSSR count). The second-order valence-electron chi connectivity index (χ2n) is 7.35. The molecule has 0 N–H and O–H groups in total. The van der Waals surface area contributed by atoms with Gasteiger partial charge < -0.3 is 4.90 Å². The van der Waals surface area contributed by atoms with Crippen molar-refractivity contribution in [3.05, 3.63) is 59.4 Å². The third-order valence-electron chi connectivity index (χ3n) is 4.99. The van der Waals surface area contributed by atoms with Crippen LogP contribution in [0.5, 0.6) is 0 Å². The molecule has 148 valence electrons. The zero-order valence-corrected chi connectivity index (χ0v) is 17.8. The first-order valence-corrected chi connectivity index (χ1v) is 10.3. The molecule has 1 amide bonds. The fourth-order valence-electron chi connectivity index (χ4n) is 3.11. The van der Waals surface area contributed by atoms with Gasteiger partial charge in [0.15, 0.2) is 5.13 Å². The number of aromatic nitrogens is 3. The summed E-state index contributed by atoms with van der Waals surface area (Å²) >= 11 is 1.53. The zero-order valence-electron chi connectivity index (χ0n) is 17.0. The summed E-state index contributed by atoms with van der Waals surface area (Å²) < 4.78 is 1.08. The highest BCUT2D eigenvalue weighted by atomic mass is 32.1. The third kappa shape index (κ3) is 3.83. The first-order chi connectivity index (χ1) is 13.9. The number of likely N-dealkylation sites (N-methyl/N-ethyl adjacent to an activating group) is 1. The number of para-hydroxylation sites is 2. The topological polar surface area (TPSA) is 62.2 Å². The van der Waals surface area contributed by atoms with E-state index < -0.39 is 0 Å². The molecule has 29 heavy (non-hydrogen) atoms. The maximum atomic E-state index is 13.4. The van der Waals surface area contributed by atoms with E-state index in [1.807, 2.05) is 38.4 Å². The molecule has 0 aliphatic rings. The minimum Gasteiger partial charge on any atom is -0.308 e.